The lowest BCUT2D eigenvalue weighted by atomic mass is 10.0. The third-order valence-corrected chi connectivity index (χ3v) is 6.14. The van der Waals surface area contributed by atoms with E-state index in [-0.39, 0.29) is 16.6 Å². The average Bonchev–Trinajstić information content (AvgIpc) is 2.84. The summed E-state index contributed by atoms with van der Waals surface area (Å²) in [6.07, 6.45) is -4.52. The van der Waals surface area contributed by atoms with E-state index in [9.17, 15) is 18.0 Å². The van der Waals surface area contributed by atoms with E-state index in [1.807, 2.05) is 33.8 Å². The molecule has 1 saturated heterocycles. The molecule has 0 saturated carbocycles. The molecule has 1 fully saturated rings. The largest absolute Gasteiger partial charge is 0.492 e. The summed E-state index contributed by atoms with van der Waals surface area (Å²) in [5.74, 6) is 0.472. The van der Waals surface area contributed by atoms with Crippen molar-refractivity contribution in [2.75, 3.05) is 55.1 Å². The number of benzene rings is 2. The van der Waals surface area contributed by atoms with E-state index in [0.29, 0.717) is 56.7 Å². The van der Waals surface area contributed by atoms with Gasteiger partial charge >= 0.3 is 6.18 Å². The van der Waals surface area contributed by atoms with Crippen molar-refractivity contribution in [1.82, 2.24) is 0 Å². The number of amides is 1. The van der Waals surface area contributed by atoms with E-state index in [0.717, 1.165) is 17.8 Å². The third-order valence-electron chi connectivity index (χ3n) is 5.83. The van der Waals surface area contributed by atoms with E-state index in [1.54, 1.807) is 6.07 Å². The SMILES string of the molecule is CCOc1cc(N2CCOCC2)c(OCC)cc1NC(=O)[C@@H](Nc1ccc(C(F)(F)F)cc1Cl)C(C)C. The van der Waals surface area contributed by atoms with Crippen LogP contribution in [-0.2, 0) is 15.7 Å². The van der Waals surface area contributed by atoms with Gasteiger partial charge in [-0.05, 0) is 38.0 Å². The first-order valence-electron chi connectivity index (χ1n) is 12.3. The minimum atomic E-state index is -4.52. The number of halogens is 4. The topological polar surface area (TPSA) is 72.1 Å². The highest BCUT2D eigenvalue weighted by molar-refractivity contribution is 6.33. The van der Waals surface area contributed by atoms with Gasteiger partial charge in [0.05, 0.1) is 54.1 Å². The van der Waals surface area contributed by atoms with E-state index < -0.39 is 23.7 Å². The Morgan fingerprint density at radius 3 is 2.27 bits per heavy atom. The number of nitrogens with zero attached hydrogens (tertiary/aromatic N) is 1. The Labute approximate surface area is 220 Å². The molecule has 2 N–H and O–H groups in total. The molecule has 204 valence electrons. The van der Waals surface area contributed by atoms with Crippen LogP contribution in [0.2, 0.25) is 5.02 Å². The van der Waals surface area contributed by atoms with E-state index in [1.165, 1.54) is 6.07 Å². The molecule has 0 radical (unpaired) electrons. The van der Waals surface area contributed by atoms with Crippen LogP contribution in [0.5, 0.6) is 11.5 Å². The lowest BCUT2D eigenvalue weighted by Gasteiger charge is -2.31. The van der Waals surface area contributed by atoms with Crippen LogP contribution in [0.3, 0.4) is 0 Å². The summed E-state index contributed by atoms with van der Waals surface area (Å²) < 4.78 is 56.3. The van der Waals surface area contributed by atoms with E-state index >= 15 is 0 Å². The van der Waals surface area contributed by atoms with Gasteiger partial charge < -0.3 is 29.7 Å². The Balaban J connectivity index is 1.89. The quantitative estimate of drug-likeness (QED) is 0.379. The summed E-state index contributed by atoms with van der Waals surface area (Å²) in [6.45, 7) is 10.8. The monoisotopic (exact) mass is 543 g/mol. The zero-order valence-electron chi connectivity index (χ0n) is 21.4. The Hall–Kier alpha value is -2.85. The van der Waals surface area contributed by atoms with Gasteiger partial charge in [-0.2, -0.15) is 13.2 Å². The van der Waals surface area contributed by atoms with Crippen LogP contribution in [-0.4, -0.2) is 51.5 Å². The molecule has 7 nitrogen and oxygen atoms in total. The predicted octanol–water partition coefficient (Wildman–Crippen LogP) is 6.07. The highest BCUT2D eigenvalue weighted by Gasteiger charge is 2.32. The Morgan fingerprint density at radius 1 is 1.05 bits per heavy atom. The molecule has 2 aromatic carbocycles. The predicted molar refractivity (Wildman–Crippen MR) is 139 cm³/mol. The number of hydrogen-bond acceptors (Lipinski definition) is 6. The lowest BCUT2D eigenvalue weighted by molar-refractivity contribution is -0.137. The molecule has 0 bridgehead atoms. The standard InChI is InChI=1S/C26H33ClF3N3O4/c1-5-36-22-15-21(33-9-11-35-12-10-33)23(37-6-2)14-20(22)32-25(34)24(16(3)4)31-19-8-7-17(13-18(19)27)26(28,29)30/h7-8,13-16,24,31H,5-6,9-12H2,1-4H3,(H,32,34)/t24-/m0/s1. The van der Waals surface area contributed by atoms with Crippen molar-refractivity contribution in [3.05, 3.63) is 40.9 Å². The van der Waals surface area contributed by atoms with Crippen molar-refractivity contribution in [2.24, 2.45) is 5.92 Å². The van der Waals surface area contributed by atoms with Gasteiger partial charge in [-0.15, -0.1) is 0 Å². The number of alkyl halides is 3. The van der Waals surface area contributed by atoms with Gasteiger partial charge in [0.1, 0.15) is 17.5 Å². The maximum Gasteiger partial charge on any atom is 0.416 e. The molecular formula is C26H33ClF3N3O4. The molecule has 0 unspecified atom stereocenters. The van der Waals surface area contributed by atoms with Crippen LogP contribution >= 0.6 is 11.6 Å². The van der Waals surface area contributed by atoms with Crippen molar-refractivity contribution in [2.45, 2.75) is 39.9 Å². The smallest absolute Gasteiger partial charge is 0.416 e. The van der Waals surface area contributed by atoms with Crippen molar-refractivity contribution >= 4 is 34.6 Å². The lowest BCUT2D eigenvalue weighted by Crippen LogP contribution is -2.39. The van der Waals surface area contributed by atoms with Gasteiger partial charge in [0.25, 0.3) is 0 Å². The van der Waals surface area contributed by atoms with Gasteiger partial charge in [-0.1, -0.05) is 25.4 Å². The molecule has 2 aromatic rings. The molecule has 1 aliphatic heterocycles. The molecule has 1 atom stereocenters. The highest BCUT2D eigenvalue weighted by Crippen LogP contribution is 2.40. The van der Waals surface area contributed by atoms with Gasteiger partial charge in [0.15, 0.2) is 0 Å². The minimum Gasteiger partial charge on any atom is -0.492 e. The third kappa shape index (κ3) is 7.35. The number of rotatable bonds is 10. The van der Waals surface area contributed by atoms with Gasteiger partial charge in [-0.3, -0.25) is 4.79 Å². The second-order valence-electron chi connectivity index (χ2n) is 8.83. The maximum absolute atomic E-state index is 13.4. The minimum absolute atomic E-state index is 0.128. The zero-order chi connectivity index (χ0) is 27.2. The summed E-state index contributed by atoms with van der Waals surface area (Å²) >= 11 is 6.12. The van der Waals surface area contributed by atoms with E-state index in [2.05, 4.69) is 15.5 Å². The molecule has 1 heterocycles. The van der Waals surface area contributed by atoms with Crippen LogP contribution in [0.4, 0.5) is 30.2 Å². The van der Waals surface area contributed by atoms with Crippen molar-refractivity contribution < 1.29 is 32.2 Å². The molecule has 1 aliphatic rings. The maximum atomic E-state index is 13.4. The molecule has 37 heavy (non-hydrogen) atoms. The molecular weight excluding hydrogens is 511 g/mol. The first kappa shape index (κ1) is 28.7. The average molecular weight is 544 g/mol. The Morgan fingerprint density at radius 2 is 1.70 bits per heavy atom. The van der Waals surface area contributed by atoms with Crippen LogP contribution < -0.4 is 25.0 Å². The summed E-state index contributed by atoms with van der Waals surface area (Å²) in [7, 11) is 0. The number of nitrogens with one attached hydrogen (secondary N) is 2. The Kier molecular flexibility index (Phi) is 9.78. The molecule has 0 aliphatic carbocycles. The number of carbonyl (C=O) groups is 1. The molecule has 0 spiro atoms. The fraction of sp³-hybridized carbons (Fsp3) is 0.500. The number of anilines is 3. The number of hydrogen-bond donors (Lipinski definition) is 2. The van der Waals surface area contributed by atoms with Crippen molar-refractivity contribution in [3.8, 4) is 11.5 Å². The molecule has 11 heteroatoms. The number of ether oxygens (including phenoxy) is 3. The second kappa shape index (κ2) is 12.6. The number of carbonyl (C=O) groups excluding carboxylic acids is 1. The van der Waals surface area contributed by atoms with E-state index in [4.69, 9.17) is 25.8 Å². The molecule has 0 aromatic heterocycles. The van der Waals surface area contributed by atoms with Crippen LogP contribution in [0, 0.1) is 5.92 Å². The summed E-state index contributed by atoms with van der Waals surface area (Å²) in [4.78, 5) is 15.5. The summed E-state index contributed by atoms with van der Waals surface area (Å²) in [5.41, 5.74) is 0.643. The van der Waals surface area contributed by atoms with Gasteiger partial charge in [-0.25, -0.2) is 0 Å². The normalized spacial score (nSPS) is 14.9. The van der Waals surface area contributed by atoms with Gasteiger partial charge in [0, 0.05) is 25.2 Å². The molecule has 3 rings (SSSR count). The highest BCUT2D eigenvalue weighted by atomic mass is 35.5. The summed E-state index contributed by atoms with van der Waals surface area (Å²) in [6, 6.07) is 5.78. The zero-order valence-corrected chi connectivity index (χ0v) is 22.1. The van der Waals surface area contributed by atoms with Crippen LogP contribution in [0.1, 0.15) is 33.3 Å². The fourth-order valence-corrected chi connectivity index (χ4v) is 4.20. The Bertz CT molecular complexity index is 1080. The summed E-state index contributed by atoms with van der Waals surface area (Å²) in [5, 5.41) is 5.77. The first-order chi connectivity index (χ1) is 17.5. The fourth-order valence-electron chi connectivity index (χ4n) is 3.97. The first-order valence-corrected chi connectivity index (χ1v) is 12.6. The molecule has 1 amide bonds. The van der Waals surface area contributed by atoms with Crippen molar-refractivity contribution in [1.29, 1.82) is 0 Å². The number of morpholine rings is 1. The van der Waals surface area contributed by atoms with Crippen molar-refractivity contribution in [3.63, 3.8) is 0 Å². The van der Waals surface area contributed by atoms with Crippen LogP contribution in [0.15, 0.2) is 30.3 Å². The van der Waals surface area contributed by atoms with Gasteiger partial charge in [0.2, 0.25) is 5.91 Å². The second-order valence-corrected chi connectivity index (χ2v) is 9.24. The van der Waals surface area contributed by atoms with Crippen LogP contribution in [0.25, 0.3) is 0 Å².